The number of nitrogens with one attached hydrogen (secondary N) is 4. The zero-order valence-electron chi connectivity index (χ0n) is 38.8. The molecule has 6 heterocycles. The largest absolute Gasteiger partial charge is 0.465 e. The van der Waals surface area contributed by atoms with E-state index < -0.39 is 24.3 Å². The number of carboxylic acid groups (broad SMARTS) is 1. The van der Waals surface area contributed by atoms with E-state index >= 15 is 0 Å². The van der Waals surface area contributed by atoms with E-state index in [1.807, 2.05) is 32.6 Å². The van der Waals surface area contributed by atoms with Gasteiger partial charge in [0, 0.05) is 24.7 Å². The molecular formula is C50H64N10O6. The van der Waals surface area contributed by atoms with Gasteiger partial charge in [-0.3, -0.25) is 14.6 Å². The summed E-state index contributed by atoms with van der Waals surface area (Å²) >= 11 is 0. The number of imidazole rings is 2. The third kappa shape index (κ3) is 8.90. The number of alkyl carbamates (subject to hydrolysis) is 1. The summed E-state index contributed by atoms with van der Waals surface area (Å²) in [4.78, 5) is 79.9. The number of rotatable bonds is 12. The van der Waals surface area contributed by atoms with E-state index in [1.165, 1.54) is 44.9 Å². The molecule has 1 aliphatic carbocycles. The predicted molar refractivity (Wildman–Crippen MR) is 251 cm³/mol. The lowest BCUT2D eigenvalue weighted by molar-refractivity contribution is -0.136. The van der Waals surface area contributed by atoms with Crippen molar-refractivity contribution < 1.29 is 29.0 Å². The number of hydrogen-bond acceptors (Lipinski definition) is 9. The van der Waals surface area contributed by atoms with Crippen molar-refractivity contribution in [2.45, 2.75) is 140 Å². The number of fused-ring (bicyclic) bond motifs is 2. The Morgan fingerprint density at radius 2 is 1.20 bits per heavy atom. The lowest BCUT2D eigenvalue weighted by Crippen LogP contribution is -2.51. The number of aromatic nitrogens is 5. The van der Waals surface area contributed by atoms with Crippen LogP contribution in [-0.4, -0.2) is 96.1 Å². The van der Waals surface area contributed by atoms with Gasteiger partial charge in [0.15, 0.2) is 0 Å². The fourth-order valence-corrected chi connectivity index (χ4v) is 11.2. The maximum Gasteiger partial charge on any atom is 0.407 e. The van der Waals surface area contributed by atoms with Crippen LogP contribution in [0, 0.1) is 11.8 Å². The standard InChI is InChI=1S/C50H64N10O6/c1-28(2)43(56-49(63)64)47(61)58-23-9-13-41(58)45-52-35-18-15-31(25-37(35)54-45)39-21-22-40(60(39)33-17-20-34(51-27-33)30-11-7-6-8-12-30)32-16-19-36-38(26-32)55-46(53-36)42-14-10-24-59(42)48(62)44(29(3)4)57-50(65)66-5/h15-20,25-30,39-44,56H,6-14,21-24H2,1-5H3,(H,52,54)(H,53,55)(H,57,65)(H,63,64)/t39-,40?,41+,42+,43+,44+/m1/s1. The number of methoxy groups -OCH3 is 1. The van der Waals surface area contributed by atoms with Gasteiger partial charge in [0.05, 0.1) is 65.2 Å². The van der Waals surface area contributed by atoms with Crippen LogP contribution < -0.4 is 15.5 Å². The lowest BCUT2D eigenvalue weighted by atomic mass is 9.87. The number of likely N-dealkylation sites (tertiary alicyclic amines) is 2. The topological polar surface area (TPSA) is 202 Å². The smallest absolute Gasteiger partial charge is 0.407 e. The Morgan fingerprint density at radius 3 is 1.67 bits per heavy atom. The molecule has 16 heteroatoms. The average molecular weight is 901 g/mol. The summed E-state index contributed by atoms with van der Waals surface area (Å²) in [6, 6.07) is 15.4. The molecule has 350 valence electrons. The molecule has 3 saturated heterocycles. The molecular weight excluding hydrogens is 837 g/mol. The first-order chi connectivity index (χ1) is 31.9. The molecule has 5 aromatic rings. The zero-order valence-corrected chi connectivity index (χ0v) is 38.8. The van der Waals surface area contributed by atoms with Crippen molar-refractivity contribution >= 4 is 51.8 Å². The minimum absolute atomic E-state index is 0.0329. The molecule has 5 N–H and O–H groups in total. The molecule has 9 rings (SSSR count). The first-order valence-electron chi connectivity index (χ1n) is 24.1. The number of benzene rings is 2. The molecule has 0 bridgehead atoms. The van der Waals surface area contributed by atoms with Gasteiger partial charge in [-0.15, -0.1) is 0 Å². The third-order valence-electron chi connectivity index (χ3n) is 14.6. The van der Waals surface area contributed by atoms with Crippen molar-refractivity contribution in [3.63, 3.8) is 0 Å². The molecule has 3 aliphatic heterocycles. The van der Waals surface area contributed by atoms with Crippen LogP contribution in [0.1, 0.15) is 157 Å². The zero-order chi connectivity index (χ0) is 46.2. The van der Waals surface area contributed by atoms with Crippen molar-refractivity contribution in [3.8, 4) is 0 Å². The number of anilines is 1. The first-order valence-corrected chi connectivity index (χ1v) is 24.1. The highest BCUT2D eigenvalue weighted by Gasteiger charge is 2.40. The molecule has 1 unspecified atom stereocenters. The molecule has 4 amide bonds. The second kappa shape index (κ2) is 19.0. The molecule has 16 nitrogen and oxygen atoms in total. The summed E-state index contributed by atoms with van der Waals surface area (Å²) in [7, 11) is 1.30. The Labute approximate surface area is 385 Å². The predicted octanol–water partition coefficient (Wildman–Crippen LogP) is 8.96. The Morgan fingerprint density at radius 1 is 0.667 bits per heavy atom. The second-order valence-corrected chi connectivity index (χ2v) is 19.5. The maximum atomic E-state index is 13.9. The molecule has 2 aromatic carbocycles. The van der Waals surface area contributed by atoms with E-state index in [0.717, 1.165) is 83.2 Å². The normalized spacial score (nSPS) is 22.4. The summed E-state index contributed by atoms with van der Waals surface area (Å²) in [5, 5.41) is 14.7. The van der Waals surface area contributed by atoms with Crippen LogP contribution in [0.2, 0.25) is 0 Å². The summed E-state index contributed by atoms with van der Waals surface area (Å²) < 4.78 is 4.84. The number of carbonyl (C=O) groups is 4. The second-order valence-electron chi connectivity index (χ2n) is 19.5. The molecule has 4 fully saturated rings. The van der Waals surface area contributed by atoms with Crippen LogP contribution in [0.5, 0.6) is 0 Å². The Balaban J connectivity index is 1.01. The fourth-order valence-electron chi connectivity index (χ4n) is 11.2. The van der Waals surface area contributed by atoms with Crippen molar-refractivity contribution in [3.05, 3.63) is 83.2 Å². The molecule has 6 atom stereocenters. The lowest BCUT2D eigenvalue weighted by Gasteiger charge is -2.33. The van der Waals surface area contributed by atoms with E-state index in [-0.39, 0.29) is 47.8 Å². The van der Waals surface area contributed by atoms with Crippen LogP contribution >= 0.6 is 0 Å². The summed E-state index contributed by atoms with van der Waals surface area (Å²) in [6.07, 6.45) is 11.3. The van der Waals surface area contributed by atoms with Crippen LogP contribution in [0.25, 0.3) is 22.1 Å². The third-order valence-corrected chi connectivity index (χ3v) is 14.6. The molecule has 3 aromatic heterocycles. The number of pyridine rings is 1. The highest BCUT2D eigenvalue weighted by Crippen LogP contribution is 2.48. The van der Waals surface area contributed by atoms with Gasteiger partial charge < -0.3 is 45.1 Å². The van der Waals surface area contributed by atoms with Crippen molar-refractivity contribution in [2.75, 3.05) is 25.1 Å². The van der Waals surface area contributed by atoms with Gasteiger partial charge in [-0.05, 0) is 111 Å². The number of carbonyl (C=O) groups excluding carboxylic acids is 3. The number of aromatic amines is 2. The molecule has 66 heavy (non-hydrogen) atoms. The van der Waals surface area contributed by atoms with Crippen LogP contribution in [0.15, 0.2) is 54.7 Å². The van der Waals surface area contributed by atoms with Gasteiger partial charge in [0.2, 0.25) is 11.8 Å². The minimum atomic E-state index is -1.21. The maximum absolute atomic E-state index is 13.9. The van der Waals surface area contributed by atoms with E-state index in [1.54, 1.807) is 4.90 Å². The fraction of sp³-hybridized carbons (Fsp3) is 0.540. The van der Waals surface area contributed by atoms with Gasteiger partial charge in [-0.2, -0.15) is 0 Å². The van der Waals surface area contributed by atoms with Crippen LogP contribution in [0.4, 0.5) is 15.3 Å². The average Bonchev–Trinajstić information content (AvgIpc) is 4.18. The Hall–Kier alpha value is -6.19. The van der Waals surface area contributed by atoms with Crippen LogP contribution in [0.3, 0.4) is 0 Å². The molecule has 4 aliphatic rings. The number of ether oxygens (including phenoxy) is 1. The van der Waals surface area contributed by atoms with E-state index in [2.05, 4.69) is 80.2 Å². The SMILES string of the molecule is COC(=O)N[C@H](C(=O)N1CCC[C@H]1c1nc2ccc(C3CC[C@H](c4ccc5nc([C@@H]6CCCN6C(=O)[C@@H](NC(=O)O)C(C)C)[nH]c5c4)N3c3ccc(C4CCCCC4)nc3)cc2[nH]1)C(C)C. The van der Waals surface area contributed by atoms with Crippen molar-refractivity contribution in [1.82, 2.24) is 45.4 Å². The molecule has 0 spiro atoms. The Bertz CT molecular complexity index is 2570. The van der Waals surface area contributed by atoms with E-state index in [0.29, 0.717) is 24.8 Å². The summed E-state index contributed by atoms with van der Waals surface area (Å²) in [6.45, 7) is 8.66. The van der Waals surface area contributed by atoms with E-state index in [9.17, 15) is 24.3 Å². The number of H-pyrrole nitrogens is 2. The van der Waals surface area contributed by atoms with Crippen molar-refractivity contribution in [1.29, 1.82) is 0 Å². The highest BCUT2D eigenvalue weighted by atomic mass is 16.5. The number of hydrogen-bond donors (Lipinski definition) is 5. The van der Waals surface area contributed by atoms with Gasteiger partial charge in [0.1, 0.15) is 23.7 Å². The van der Waals surface area contributed by atoms with Crippen molar-refractivity contribution in [2.24, 2.45) is 11.8 Å². The van der Waals surface area contributed by atoms with Gasteiger partial charge >= 0.3 is 12.2 Å². The van der Waals surface area contributed by atoms with Crippen LogP contribution in [-0.2, 0) is 14.3 Å². The van der Waals surface area contributed by atoms with Gasteiger partial charge in [0.25, 0.3) is 0 Å². The quantitative estimate of drug-likeness (QED) is 0.0805. The number of nitrogens with zero attached hydrogens (tertiary/aromatic N) is 6. The highest BCUT2D eigenvalue weighted by molar-refractivity contribution is 5.87. The first kappa shape index (κ1) is 45.0. The van der Waals surface area contributed by atoms with E-state index in [4.69, 9.17) is 19.7 Å². The summed E-state index contributed by atoms with van der Waals surface area (Å²) in [5.41, 5.74) is 8.00. The van der Waals surface area contributed by atoms with Gasteiger partial charge in [-0.1, -0.05) is 59.1 Å². The van der Waals surface area contributed by atoms with Gasteiger partial charge in [-0.25, -0.2) is 19.6 Å². The summed E-state index contributed by atoms with van der Waals surface area (Å²) in [5.74, 6) is 1.26. The molecule has 0 radical (unpaired) electrons. The Kier molecular flexibility index (Phi) is 12.9. The monoisotopic (exact) mass is 901 g/mol. The number of amides is 4. The minimum Gasteiger partial charge on any atom is -0.465 e. The molecule has 1 saturated carbocycles.